The number of hydrogen-bond acceptors (Lipinski definition) is 4. The third-order valence-corrected chi connectivity index (χ3v) is 5.41. The van der Waals surface area contributed by atoms with E-state index in [9.17, 15) is 10.2 Å². The summed E-state index contributed by atoms with van der Waals surface area (Å²) in [6.07, 6.45) is 1.69. The lowest BCUT2D eigenvalue weighted by Gasteiger charge is -2.40. The fraction of sp³-hybridized carbons (Fsp3) is 0.478. The van der Waals surface area contributed by atoms with Gasteiger partial charge in [0.15, 0.2) is 0 Å². The van der Waals surface area contributed by atoms with Gasteiger partial charge in [-0.3, -0.25) is 4.90 Å². The van der Waals surface area contributed by atoms with Crippen LogP contribution in [0.5, 0.6) is 5.75 Å². The highest BCUT2D eigenvalue weighted by Gasteiger charge is 2.26. The van der Waals surface area contributed by atoms with Gasteiger partial charge in [-0.1, -0.05) is 42.5 Å². The van der Waals surface area contributed by atoms with Crippen LogP contribution in [-0.2, 0) is 6.42 Å². The molecule has 0 radical (unpaired) electrons. The summed E-state index contributed by atoms with van der Waals surface area (Å²) in [5.74, 6) is 0.329. The van der Waals surface area contributed by atoms with E-state index < -0.39 is 5.60 Å². The van der Waals surface area contributed by atoms with Crippen molar-refractivity contribution in [2.45, 2.75) is 38.3 Å². The molecule has 0 aliphatic carbocycles. The number of phenols is 1. The van der Waals surface area contributed by atoms with Crippen LogP contribution < -0.4 is 0 Å². The Balaban J connectivity index is 0.00000210. The molecule has 2 N–H and O–H groups in total. The molecule has 0 bridgehead atoms. The molecule has 0 saturated carbocycles. The van der Waals surface area contributed by atoms with Gasteiger partial charge in [0, 0.05) is 38.8 Å². The Bertz CT molecular complexity index is 714. The first kappa shape index (κ1) is 25.7. The summed E-state index contributed by atoms with van der Waals surface area (Å²) >= 11 is 0. The molecule has 29 heavy (non-hydrogen) atoms. The van der Waals surface area contributed by atoms with Gasteiger partial charge in [0.1, 0.15) is 5.75 Å². The smallest absolute Gasteiger partial charge is 0.115 e. The maximum atomic E-state index is 9.97. The molecule has 1 aliphatic rings. The number of halogens is 2. The molecular formula is C23H34Cl2N2O2. The van der Waals surface area contributed by atoms with Gasteiger partial charge in [-0.15, -0.1) is 24.8 Å². The Hall–Kier alpha value is -1.30. The van der Waals surface area contributed by atoms with Gasteiger partial charge in [0.2, 0.25) is 0 Å². The Kier molecular flexibility index (Phi) is 10.4. The number of nitrogens with zero attached hydrogens (tertiary/aromatic N) is 2. The lowest BCUT2D eigenvalue weighted by atomic mass is 9.96. The van der Waals surface area contributed by atoms with Gasteiger partial charge in [0.25, 0.3) is 0 Å². The van der Waals surface area contributed by atoms with Crippen LogP contribution in [-0.4, -0.2) is 58.3 Å². The predicted octanol–water partition coefficient (Wildman–Crippen LogP) is 4.30. The average Bonchev–Trinajstić information content (AvgIpc) is 2.65. The molecule has 1 atom stereocenters. The summed E-state index contributed by atoms with van der Waals surface area (Å²) in [5.41, 5.74) is 1.89. The third kappa shape index (κ3) is 8.15. The van der Waals surface area contributed by atoms with Crippen molar-refractivity contribution < 1.29 is 10.2 Å². The highest BCUT2D eigenvalue weighted by molar-refractivity contribution is 5.85. The van der Waals surface area contributed by atoms with Crippen LogP contribution in [0.1, 0.15) is 37.4 Å². The molecule has 6 heteroatoms. The van der Waals surface area contributed by atoms with E-state index in [0.717, 1.165) is 51.1 Å². The van der Waals surface area contributed by atoms with E-state index in [2.05, 4.69) is 46.2 Å². The summed E-state index contributed by atoms with van der Waals surface area (Å²) in [6, 6.07) is 18.6. The molecule has 2 aromatic rings. The second-order valence-corrected chi connectivity index (χ2v) is 8.24. The molecule has 4 nitrogen and oxygen atoms in total. The van der Waals surface area contributed by atoms with E-state index >= 15 is 0 Å². The quantitative estimate of drug-likeness (QED) is 0.673. The topological polar surface area (TPSA) is 46.9 Å². The second-order valence-electron chi connectivity index (χ2n) is 8.24. The molecule has 1 fully saturated rings. The number of benzene rings is 2. The van der Waals surface area contributed by atoms with Crippen molar-refractivity contribution >= 4 is 24.8 Å². The van der Waals surface area contributed by atoms with Gasteiger partial charge < -0.3 is 15.1 Å². The van der Waals surface area contributed by atoms with E-state index in [-0.39, 0.29) is 24.8 Å². The maximum Gasteiger partial charge on any atom is 0.115 e. The normalized spacial score (nSPS) is 16.5. The van der Waals surface area contributed by atoms with Gasteiger partial charge in [0.05, 0.1) is 5.60 Å². The number of phenolic OH excluding ortho intramolecular Hbond substituents is 1. The molecule has 2 aromatic carbocycles. The molecule has 162 valence electrons. The third-order valence-electron chi connectivity index (χ3n) is 5.41. The second kappa shape index (κ2) is 11.8. The summed E-state index contributed by atoms with van der Waals surface area (Å²) in [6.45, 7) is 8.79. The minimum Gasteiger partial charge on any atom is -0.508 e. The van der Waals surface area contributed by atoms with Crippen molar-refractivity contribution in [2.24, 2.45) is 0 Å². The summed E-state index contributed by atoms with van der Waals surface area (Å²) < 4.78 is 0. The number of rotatable bonds is 7. The van der Waals surface area contributed by atoms with Crippen molar-refractivity contribution in [2.75, 3.05) is 32.7 Å². The molecule has 0 spiro atoms. The molecule has 0 amide bonds. The Morgan fingerprint density at radius 1 is 0.931 bits per heavy atom. The van der Waals surface area contributed by atoms with E-state index in [4.69, 9.17) is 0 Å². The van der Waals surface area contributed by atoms with Crippen LogP contribution in [0.25, 0.3) is 0 Å². The van der Waals surface area contributed by atoms with Crippen molar-refractivity contribution in [3.63, 3.8) is 0 Å². The van der Waals surface area contributed by atoms with E-state index in [0.29, 0.717) is 11.8 Å². The molecule has 1 unspecified atom stereocenters. The lowest BCUT2D eigenvalue weighted by molar-refractivity contribution is 0.0413. The zero-order valence-corrected chi connectivity index (χ0v) is 19.0. The number of aliphatic hydroxyl groups is 1. The predicted molar refractivity (Wildman–Crippen MR) is 124 cm³/mol. The zero-order valence-electron chi connectivity index (χ0n) is 17.3. The SMILES string of the molecule is CC(C)(O)CCN1CCN(C(Cc2cccc(O)c2)c2ccccc2)CC1.Cl.Cl. The average molecular weight is 441 g/mol. The molecule has 0 aromatic heterocycles. The summed E-state index contributed by atoms with van der Waals surface area (Å²) in [4.78, 5) is 5.00. The van der Waals surface area contributed by atoms with Crippen LogP contribution in [0, 0.1) is 0 Å². The first-order chi connectivity index (χ1) is 12.9. The first-order valence-electron chi connectivity index (χ1n) is 9.92. The Labute approximate surface area is 187 Å². The summed E-state index contributed by atoms with van der Waals surface area (Å²) in [5, 5.41) is 19.8. The lowest BCUT2D eigenvalue weighted by Crippen LogP contribution is -2.48. The van der Waals surface area contributed by atoms with E-state index in [1.165, 1.54) is 5.56 Å². The molecular weight excluding hydrogens is 407 g/mol. The van der Waals surface area contributed by atoms with Gasteiger partial charge in [-0.2, -0.15) is 0 Å². The van der Waals surface area contributed by atoms with E-state index in [1.54, 1.807) is 6.07 Å². The summed E-state index contributed by atoms with van der Waals surface area (Å²) in [7, 11) is 0. The number of aromatic hydroxyl groups is 1. The molecule has 1 aliphatic heterocycles. The number of piperazine rings is 1. The van der Waals surface area contributed by atoms with Crippen LogP contribution in [0.4, 0.5) is 0 Å². The number of hydrogen-bond donors (Lipinski definition) is 2. The fourth-order valence-corrected chi connectivity index (χ4v) is 3.77. The maximum absolute atomic E-state index is 9.97. The Morgan fingerprint density at radius 2 is 1.59 bits per heavy atom. The van der Waals surface area contributed by atoms with Crippen LogP contribution in [0.2, 0.25) is 0 Å². The van der Waals surface area contributed by atoms with Crippen LogP contribution in [0.3, 0.4) is 0 Å². The molecule has 1 saturated heterocycles. The Morgan fingerprint density at radius 3 is 2.17 bits per heavy atom. The molecule has 3 rings (SSSR count). The molecule has 1 heterocycles. The highest BCUT2D eigenvalue weighted by Crippen LogP contribution is 2.27. The van der Waals surface area contributed by atoms with Gasteiger partial charge in [-0.25, -0.2) is 0 Å². The minimum atomic E-state index is -0.598. The minimum absolute atomic E-state index is 0. The van der Waals surface area contributed by atoms with Crippen LogP contribution in [0.15, 0.2) is 54.6 Å². The van der Waals surface area contributed by atoms with Crippen LogP contribution >= 0.6 is 24.8 Å². The van der Waals surface area contributed by atoms with Gasteiger partial charge >= 0.3 is 0 Å². The fourth-order valence-electron chi connectivity index (χ4n) is 3.77. The standard InChI is InChI=1S/C23H32N2O2.2ClH/c1-23(2,27)11-12-24-13-15-25(16-14-24)22(20-8-4-3-5-9-20)18-19-7-6-10-21(26)17-19;;/h3-10,17,22,26-27H,11-16,18H2,1-2H3;2*1H. The van der Waals surface area contributed by atoms with Crippen molar-refractivity contribution in [3.05, 3.63) is 65.7 Å². The van der Waals surface area contributed by atoms with Crippen molar-refractivity contribution in [3.8, 4) is 5.75 Å². The van der Waals surface area contributed by atoms with E-state index in [1.807, 2.05) is 26.0 Å². The van der Waals surface area contributed by atoms with Crippen molar-refractivity contribution in [1.82, 2.24) is 9.80 Å². The zero-order chi connectivity index (χ0) is 19.3. The monoisotopic (exact) mass is 440 g/mol. The highest BCUT2D eigenvalue weighted by atomic mass is 35.5. The largest absolute Gasteiger partial charge is 0.508 e. The first-order valence-corrected chi connectivity index (χ1v) is 9.92. The van der Waals surface area contributed by atoms with Crippen molar-refractivity contribution in [1.29, 1.82) is 0 Å². The van der Waals surface area contributed by atoms with Gasteiger partial charge in [-0.05, 0) is 49.9 Å².